The van der Waals surface area contributed by atoms with Crippen LogP contribution in [0.4, 0.5) is 11.4 Å². The number of anilines is 1. The predicted molar refractivity (Wildman–Crippen MR) is 68.1 cm³/mol. The fourth-order valence-corrected chi connectivity index (χ4v) is 1.29. The van der Waals surface area contributed by atoms with Crippen molar-refractivity contribution >= 4 is 23.2 Å². The summed E-state index contributed by atoms with van der Waals surface area (Å²) in [6.45, 7) is 1.25. The minimum Gasteiger partial charge on any atom is -0.369 e. The van der Waals surface area contributed by atoms with Crippen LogP contribution in [0.25, 0.3) is 0 Å². The van der Waals surface area contributed by atoms with Crippen molar-refractivity contribution in [1.29, 1.82) is 0 Å². The summed E-state index contributed by atoms with van der Waals surface area (Å²) in [7, 11) is 0. The highest BCUT2D eigenvalue weighted by Gasteiger charge is 2.14. The van der Waals surface area contributed by atoms with E-state index in [-0.39, 0.29) is 17.8 Å². The number of rotatable bonds is 3. The zero-order valence-corrected chi connectivity index (χ0v) is 10.1. The summed E-state index contributed by atoms with van der Waals surface area (Å²) in [4.78, 5) is 31.7. The molecule has 3 N–H and O–H groups in total. The van der Waals surface area contributed by atoms with Crippen LogP contribution in [-0.2, 0) is 9.59 Å². The SMILES string of the molecule is CC(=O)Nc1ccc(C#CCC(N)=O)cc1[N+](=O)[O-]. The van der Waals surface area contributed by atoms with Gasteiger partial charge in [-0.2, -0.15) is 0 Å². The van der Waals surface area contributed by atoms with Gasteiger partial charge in [0.1, 0.15) is 5.69 Å². The lowest BCUT2D eigenvalue weighted by molar-refractivity contribution is -0.383. The summed E-state index contributed by atoms with van der Waals surface area (Å²) in [5.41, 5.74) is 5.11. The Hall–Kier alpha value is -2.88. The third kappa shape index (κ3) is 4.47. The summed E-state index contributed by atoms with van der Waals surface area (Å²) in [6.07, 6.45) is -0.124. The molecular formula is C12H11N3O4. The highest BCUT2D eigenvalue weighted by molar-refractivity contribution is 5.91. The monoisotopic (exact) mass is 261 g/mol. The van der Waals surface area contributed by atoms with E-state index in [1.807, 2.05) is 0 Å². The molecule has 0 spiro atoms. The summed E-state index contributed by atoms with van der Waals surface area (Å²) in [5, 5.41) is 13.2. The number of carbonyl (C=O) groups is 2. The van der Waals surface area contributed by atoms with E-state index in [1.165, 1.54) is 25.1 Å². The number of nitrogens with two attached hydrogens (primary N) is 1. The molecule has 0 saturated carbocycles. The molecule has 7 nitrogen and oxygen atoms in total. The third-order valence-electron chi connectivity index (χ3n) is 2.00. The van der Waals surface area contributed by atoms with Crippen LogP contribution < -0.4 is 11.1 Å². The molecule has 1 rings (SSSR count). The topological polar surface area (TPSA) is 115 Å². The molecule has 98 valence electrons. The number of nitrogens with zero attached hydrogens (tertiary/aromatic N) is 1. The minimum absolute atomic E-state index is 0.0953. The van der Waals surface area contributed by atoms with E-state index in [9.17, 15) is 19.7 Å². The van der Waals surface area contributed by atoms with Crippen molar-refractivity contribution in [3.05, 3.63) is 33.9 Å². The van der Waals surface area contributed by atoms with Gasteiger partial charge in [0.15, 0.2) is 0 Å². The molecule has 0 aliphatic rings. The number of nitrogens with one attached hydrogen (secondary N) is 1. The van der Waals surface area contributed by atoms with Crippen LogP contribution in [0.3, 0.4) is 0 Å². The Morgan fingerprint density at radius 1 is 1.47 bits per heavy atom. The Morgan fingerprint density at radius 3 is 2.68 bits per heavy atom. The van der Waals surface area contributed by atoms with Crippen LogP contribution >= 0.6 is 0 Å². The lowest BCUT2D eigenvalue weighted by atomic mass is 10.1. The number of hydrogen-bond donors (Lipinski definition) is 2. The average Bonchev–Trinajstić information content (AvgIpc) is 2.29. The van der Waals surface area contributed by atoms with E-state index in [0.717, 1.165) is 0 Å². The minimum atomic E-state index is -0.620. The normalized spacial score (nSPS) is 9.11. The highest BCUT2D eigenvalue weighted by atomic mass is 16.6. The molecule has 19 heavy (non-hydrogen) atoms. The van der Waals surface area contributed by atoms with Crippen molar-refractivity contribution < 1.29 is 14.5 Å². The molecule has 0 aliphatic heterocycles. The van der Waals surface area contributed by atoms with E-state index in [2.05, 4.69) is 17.2 Å². The van der Waals surface area contributed by atoms with Crippen LogP contribution in [0.1, 0.15) is 18.9 Å². The third-order valence-corrected chi connectivity index (χ3v) is 2.00. The second kappa shape index (κ2) is 6.16. The van der Waals surface area contributed by atoms with Gasteiger partial charge < -0.3 is 11.1 Å². The Bertz CT molecular complexity index is 599. The highest BCUT2D eigenvalue weighted by Crippen LogP contribution is 2.25. The maximum Gasteiger partial charge on any atom is 0.293 e. The van der Waals surface area contributed by atoms with Crippen molar-refractivity contribution in [3.63, 3.8) is 0 Å². The Balaban J connectivity index is 3.07. The van der Waals surface area contributed by atoms with Gasteiger partial charge in [-0.15, -0.1) is 0 Å². The first kappa shape index (κ1) is 14.2. The first-order valence-corrected chi connectivity index (χ1v) is 5.23. The second-order valence-corrected chi connectivity index (χ2v) is 3.62. The van der Waals surface area contributed by atoms with Gasteiger partial charge in [-0.1, -0.05) is 11.8 Å². The maximum absolute atomic E-state index is 10.9. The van der Waals surface area contributed by atoms with Gasteiger partial charge in [0, 0.05) is 18.6 Å². The van der Waals surface area contributed by atoms with Crippen LogP contribution in [0, 0.1) is 22.0 Å². The maximum atomic E-state index is 10.9. The van der Waals surface area contributed by atoms with Gasteiger partial charge in [0.25, 0.3) is 5.69 Å². The van der Waals surface area contributed by atoms with E-state index in [4.69, 9.17) is 5.73 Å². The lowest BCUT2D eigenvalue weighted by Gasteiger charge is -2.03. The molecule has 0 aromatic heterocycles. The Morgan fingerprint density at radius 2 is 2.16 bits per heavy atom. The Labute approximate surface area is 108 Å². The van der Waals surface area contributed by atoms with E-state index < -0.39 is 16.7 Å². The molecule has 0 fully saturated rings. The van der Waals surface area contributed by atoms with Crippen LogP contribution in [0.5, 0.6) is 0 Å². The fraction of sp³-hybridized carbons (Fsp3) is 0.167. The summed E-state index contributed by atoms with van der Waals surface area (Å²) in [5.74, 6) is 4.10. The number of carbonyl (C=O) groups excluding carboxylic acids is 2. The first-order chi connectivity index (χ1) is 8.90. The van der Waals surface area contributed by atoms with Crippen molar-refractivity contribution in [2.75, 3.05) is 5.32 Å². The van der Waals surface area contributed by atoms with Gasteiger partial charge >= 0.3 is 0 Å². The second-order valence-electron chi connectivity index (χ2n) is 3.62. The first-order valence-electron chi connectivity index (χ1n) is 5.23. The van der Waals surface area contributed by atoms with Crippen LogP contribution in [0.15, 0.2) is 18.2 Å². The van der Waals surface area contributed by atoms with Crippen molar-refractivity contribution in [2.24, 2.45) is 5.73 Å². The van der Waals surface area contributed by atoms with Crippen LogP contribution in [-0.4, -0.2) is 16.7 Å². The molecule has 1 aromatic rings. The van der Waals surface area contributed by atoms with E-state index in [0.29, 0.717) is 5.56 Å². The zero-order valence-electron chi connectivity index (χ0n) is 10.1. The van der Waals surface area contributed by atoms with Gasteiger partial charge in [-0.05, 0) is 12.1 Å². The molecule has 0 heterocycles. The molecule has 7 heteroatoms. The van der Waals surface area contributed by atoms with Gasteiger partial charge in [0.05, 0.1) is 11.3 Å². The molecule has 2 amide bonds. The number of benzene rings is 1. The molecule has 1 aromatic carbocycles. The molecule has 0 aliphatic carbocycles. The molecular weight excluding hydrogens is 250 g/mol. The standard InChI is InChI=1S/C12H11N3O4/c1-8(16)14-10-6-5-9(3-2-4-12(13)17)7-11(10)15(18)19/h5-7H,4H2,1H3,(H2,13,17)(H,14,16). The van der Waals surface area contributed by atoms with Crippen molar-refractivity contribution in [3.8, 4) is 11.8 Å². The molecule has 0 saturated heterocycles. The largest absolute Gasteiger partial charge is 0.369 e. The average molecular weight is 261 g/mol. The summed E-state index contributed by atoms with van der Waals surface area (Å²) < 4.78 is 0. The number of primary amides is 1. The number of hydrogen-bond acceptors (Lipinski definition) is 4. The fourth-order valence-electron chi connectivity index (χ4n) is 1.29. The van der Waals surface area contributed by atoms with Gasteiger partial charge in [-0.3, -0.25) is 19.7 Å². The van der Waals surface area contributed by atoms with Gasteiger partial charge in [0.2, 0.25) is 11.8 Å². The molecule has 0 radical (unpaired) electrons. The number of amides is 2. The predicted octanol–water partition coefficient (Wildman–Crippen LogP) is 0.780. The molecule has 0 atom stereocenters. The molecule has 0 bridgehead atoms. The van der Waals surface area contributed by atoms with Crippen molar-refractivity contribution in [2.45, 2.75) is 13.3 Å². The van der Waals surface area contributed by atoms with Gasteiger partial charge in [-0.25, -0.2) is 0 Å². The van der Waals surface area contributed by atoms with Crippen LogP contribution in [0.2, 0.25) is 0 Å². The summed E-state index contributed by atoms with van der Waals surface area (Å²) in [6, 6.07) is 4.11. The number of nitro benzene ring substituents is 1. The molecule has 0 unspecified atom stereocenters. The summed E-state index contributed by atoms with van der Waals surface area (Å²) >= 11 is 0. The quantitative estimate of drug-likeness (QED) is 0.475. The van der Waals surface area contributed by atoms with E-state index >= 15 is 0 Å². The van der Waals surface area contributed by atoms with E-state index in [1.54, 1.807) is 0 Å². The van der Waals surface area contributed by atoms with Crippen molar-refractivity contribution in [1.82, 2.24) is 0 Å². The Kier molecular flexibility index (Phi) is 4.60. The number of nitro groups is 1. The smallest absolute Gasteiger partial charge is 0.293 e. The lowest BCUT2D eigenvalue weighted by Crippen LogP contribution is -2.08. The zero-order chi connectivity index (χ0) is 14.4.